The van der Waals surface area contributed by atoms with Gasteiger partial charge in [0.05, 0.1) is 6.54 Å². The Labute approximate surface area is 169 Å². The molecule has 3 aliphatic rings. The van der Waals surface area contributed by atoms with E-state index in [1.807, 2.05) is 6.07 Å². The highest BCUT2D eigenvalue weighted by Crippen LogP contribution is 2.62. The van der Waals surface area contributed by atoms with Gasteiger partial charge in [0.15, 0.2) is 0 Å². The first-order valence-corrected chi connectivity index (χ1v) is 11.1. The zero-order valence-corrected chi connectivity index (χ0v) is 17.9. The van der Waals surface area contributed by atoms with Crippen LogP contribution < -0.4 is 5.32 Å². The van der Waals surface area contributed by atoms with Crippen molar-refractivity contribution in [1.29, 1.82) is 0 Å². The molecule has 4 atom stereocenters. The van der Waals surface area contributed by atoms with Gasteiger partial charge in [0, 0.05) is 17.7 Å². The largest absolute Gasteiger partial charge is 0.338 e. The number of hydrogen-bond acceptors (Lipinski definition) is 2. The first kappa shape index (κ1) is 19.5. The van der Waals surface area contributed by atoms with Gasteiger partial charge in [-0.3, -0.25) is 0 Å². The van der Waals surface area contributed by atoms with Crippen molar-refractivity contribution in [3.8, 4) is 0 Å². The number of hydrazone groups is 1. The number of carbonyl (C=O) groups is 1. The second-order valence-electron chi connectivity index (χ2n) is 10.0. The summed E-state index contributed by atoms with van der Waals surface area (Å²) in [7, 11) is 0. The van der Waals surface area contributed by atoms with Crippen LogP contribution in [-0.4, -0.2) is 29.3 Å². The fourth-order valence-electron chi connectivity index (χ4n) is 6.10. The zero-order chi connectivity index (χ0) is 19.9. The highest BCUT2D eigenvalue weighted by atomic mass is 16.2. The monoisotopic (exact) mass is 381 g/mol. The summed E-state index contributed by atoms with van der Waals surface area (Å²) >= 11 is 0. The second-order valence-corrected chi connectivity index (χ2v) is 10.0. The lowest BCUT2D eigenvalue weighted by atomic mass is 9.68. The molecule has 2 saturated carbocycles. The predicted octanol–water partition coefficient (Wildman–Crippen LogP) is 5.56. The normalized spacial score (nSPS) is 33.2. The van der Waals surface area contributed by atoms with Crippen LogP contribution in [0.2, 0.25) is 0 Å². The van der Waals surface area contributed by atoms with Crippen molar-refractivity contribution in [2.75, 3.05) is 6.54 Å². The molecule has 1 N–H and O–H groups in total. The maximum absolute atomic E-state index is 13.2. The van der Waals surface area contributed by atoms with E-state index in [-0.39, 0.29) is 28.8 Å². The summed E-state index contributed by atoms with van der Waals surface area (Å²) in [6.45, 7) is 9.89. The summed E-state index contributed by atoms with van der Waals surface area (Å²) in [5.74, 6) is 0.948. The van der Waals surface area contributed by atoms with Crippen molar-refractivity contribution >= 4 is 11.7 Å². The average Bonchev–Trinajstić information content (AvgIpc) is 3.33. The zero-order valence-electron chi connectivity index (χ0n) is 17.9. The van der Waals surface area contributed by atoms with E-state index in [9.17, 15) is 4.79 Å². The minimum atomic E-state index is -0.0146. The number of urea groups is 1. The molecule has 2 amide bonds. The summed E-state index contributed by atoms with van der Waals surface area (Å²) in [6, 6.07) is 10.7. The number of nitrogens with zero attached hydrogens (tertiary/aromatic N) is 2. The molecule has 4 heteroatoms. The van der Waals surface area contributed by atoms with E-state index >= 15 is 0 Å². The van der Waals surface area contributed by atoms with Crippen LogP contribution >= 0.6 is 0 Å². The molecule has 1 aromatic rings. The number of benzene rings is 1. The fourth-order valence-corrected chi connectivity index (χ4v) is 6.10. The summed E-state index contributed by atoms with van der Waals surface area (Å²) < 4.78 is 0. The molecule has 1 heterocycles. The van der Waals surface area contributed by atoms with E-state index < -0.39 is 0 Å². The summed E-state index contributed by atoms with van der Waals surface area (Å²) in [4.78, 5) is 13.2. The van der Waals surface area contributed by atoms with Gasteiger partial charge in [-0.1, -0.05) is 64.4 Å². The molecular weight excluding hydrogens is 346 g/mol. The van der Waals surface area contributed by atoms with E-state index in [4.69, 9.17) is 5.10 Å². The minimum Gasteiger partial charge on any atom is -0.333 e. The van der Waals surface area contributed by atoms with Crippen LogP contribution in [0.4, 0.5) is 4.79 Å². The summed E-state index contributed by atoms with van der Waals surface area (Å²) in [6.07, 6.45) is 6.99. The van der Waals surface area contributed by atoms with Crippen LogP contribution in [0.1, 0.15) is 77.7 Å². The van der Waals surface area contributed by atoms with E-state index in [0.29, 0.717) is 6.54 Å². The number of rotatable bonds is 5. The van der Waals surface area contributed by atoms with Crippen molar-refractivity contribution < 1.29 is 4.79 Å². The maximum Gasteiger partial charge on any atom is 0.338 e. The first-order chi connectivity index (χ1) is 13.3. The van der Waals surface area contributed by atoms with Crippen molar-refractivity contribution in [3.05, 3.63) is 35.9 Å². The Morgan fingerprint density at radius 2 is 2.00 bits per heavy atom. The third kappa shape index (κ3) is 3.25. The van der Waals surface area contributed by atoms with Crippen LogP contribution in [0.5, 0.6) is 0 Å². The van der Waals surface area contributed by atoms with Crippen LogP contribution in [0.25, 0.3) is 0 Å². The Balaban J connectivity index is 1.51. The van der Waals surface area contributed by atoms with Crippen molar-refractivity contribution in [1.82, 2.24) is 10.3 Å². The molecule has 2 aliphatic carbocycles. The van der Waals surface area contributed by atoms with Gasteiger partial charge >= 0.3 is 6.03 Å². The number of carbonyl (C=O) groups excluding carboxylic acids is 1. The highest BCUT2D eigenvalue weighted by molar-refractivity contribution is 5.94. The van der Waals surface area contributed by atoms with Gasteiger partial charge in [0.25, 0.3) is 0 Å². The SMILES string of the molecule is CCCCC1=NN(C(=O)NC2C(C)(C)C3CC[C@]2(C)C3)CC1c1ccccc1. The minimum absolute atomic E-state index is 0.0146. The smallest absolute Gasteiger partial charge is 0.333 e. The molecule has 4 rings (SSSR count). The Kier molecular flexibility index (Phi) is 5.01. The van der Waals surface area contributed by atoms with Gasteiger partial charge in [-0.2, -0.15) is 5.10 Å². The molecule has 1 aliphatic heterocycles. The number of unbranched alkanes of at least 4 members (excludes halogenated alkanes) is 1. The van der Waals surface area contributed by atoms with Gasteiger partial charge in [-0.15, -0.1) is 0 Å². The molecule has 2 bridgehead atoms. The molecule has 0 saturated heterocycles. The molecule has 0 radical (unpaired) electrons. The van der Waals surface area contributed by atoms with Crippen molar-refractivity contribution in [2.45, 2.75) is 78.2 Å². The Morgan fingerprint density at radius 1 is 1.25 bits per heavy atom. The van der Waals surface area contributed by atoms with Gasteiger partial charge in [0.1, 0.15) is 0 Å². The standard InChI is InChI=1S/C24H35N3O/c1-5-6-12-20-19(17-10-8-7-9-11-17)16-27(26-20)22(28)25-21-23(2,3)18-13-14-24(21,4)15-18/h7-11,18-19,21H,5-6,12-16H2,1-4H3,(H,25,28)/t18?,19?,21?,24-/m1/s1. The predicted molar refractivity (Wildman–Crippen MR) is 114 cm³/mol. The van der Waals surface area contributed by atoms with Crippen LogP contribution in [-0.2, 0) is 0 Å². The van der Waals surface area contributed by atoms with Crippen molar-refractivity contribution in [2.24, 2.45) is 21.8 Å². The van der Waals surface area contributed by atoms with E-state index in [1.54, 1.807) is 5.01 Å². The maximum atomic E-state index is 13.2. The molecule has 2 fully saturated rings. The quantitative estimate of drug-likeness (QED) is 0.713. The van der Waals surface area contributed by atoms with E-state index in [0.717, 1.165) is 30.9 Å². The number of hydrogen-bond donors (Lipinski definition) is 1. The third-order valence-electron chi connectivity index (χ3n) is 7.77. The lowest BCUT2D eigenvalue weighted by Gasteiger charge is -2.43. The lowest BCUT2D eigenvalue weighted by Crippen LogP contribution is -2.54. The van der Waals surface area contributed by atoms with Gasteiger partial charge in [-0.25, -0.2) is 9.80 Å². The molecule has 3 unspecified atom stereocenters. The van der Waals surface area contributed by atoms with Gasteiger partial charge in [-0.05, 0) is 54.4 Å². The summed E-state index contributed by atoms with van der Waals surface area (Å²) in [5, 5.41) is 9.91. The van der Waals surface area contributed by atoms with Crippen molar-refractivity contribution in [3.63, 3.8) is 0 Å². The molecule has 0 aromatic heterocycles. The first-order valence-electron chi connectivity index (χ1n) is 11.1. The topological polar surface area (TPSA) is 44.7 Å². The van der Waals surface area contributed by atoms with Crippen LogP contribution in [0.15, 0.2) is 35.4 Å². The van der Waals surface area contributed by atoms with Crippen LogP contribution in [0, 0.1) is 16.7 Å². The molecule has 0 spiro atoms. The average molecular weight is 382 g/mol. The molecular formula is C24H35N3O. The fraction of sp³-hybridized carbons (Fsp3) is 0.667. The van der Waals surface area contributed by atoms with Gasteiger partial charge < -0.3 is 5.32 Å². The Hall–Kier alpha value is -1.84. The number of amides is 2. The van der Waals surface area contributed by atoms with E-state index in [1.165, 1.54) is 24.8 Å². The summed E-state index contributed by atoms with van der Waals surface area (Å²) in [5.41, 5.74) is 2.81. The second kappa shape index (κ2) is 7.20. The molecule has 152 valence electrons. The molecule has 28 heavy (non-hydrogen) atoms. The molecule has 4 nitrogen and oxygen atoms in total. The number of nitrogens with one attached hydrogen (secondary N) is 1. The lowest BCUT2D eigenvalue weighted by molar-refractivity contribution is 0.106. The number of fused-ring (bicyclic) bond motifs is 2. The third-order valence-corrected chi connectivity index (χ3v) is 7.77. The Morgan fingerprint density at radius 3 is 2.64 bits per heavy atom. The highest BCUT2D eigenvalue weighted by Gasteiger charge is 2.60. The molecule has 1 aromatic carbocycles. The van der Waals surface area contributed by atoms with Gasteiger partial charge in [0.2, 0.25) is 0 Å². The van der Waals surface area contributed by atoms with Crippen LogP contribution in [0.3, 0.4) is 0 Å². The van der Waals surface area contributed by atoms with E-state index in [2.05, 4.69) is 57.3 Å². The Bertz CT molecular complexity index is 752.